The third kappa shape index (κ3) is 2.57. The predicted molar refractivity (Wildman–Crippen MR) is 72.5 cm³/mol. The number of halogens is 1. The Morgan fingerprint density at radius 2 is 2.20 bits per heavy atom. The van der Waals surface area contributed by atoms with Gasteiger partial charge in [-0.2, -0.15) is 5.26 Å². The summed E-state index contributed by atoms with van der Waals surface area (Å²) in [5.41, 5.74) is 6.74. The molecular weight excluding hydrogens is 259 g/mol. The van der Waals surface area contributed by atoms with Gasteiger partial charge < -0.3 is 11.1 Å². The Balaban J connectivity index is 2.33. The van der Waals surface area contributed by atoms with Gasteiger partial charge in [0.1, 0.15) is 0 Å². The van der Waals surface area contributed by atoms with Crippen LogP contribution in [0, 0.1) is 24.1 Å². The number of hydrogen-bond donors (Lipinski definition) is 2. The summed E-state index contributed by atoms with van der Waals surface area (Å²) in [6.45, 7) is 1.77. The van der Waals surface area contributed by atoms with E-state index >= 15 is 0 Å². The molecule has 0 fully saturated rings. The van der Waals surface area contributed by atoms with Crippen molar-refractivity contribution >= 4 is 17.4 Å². The number of carbonyl (C=O) groups is 1. The van der Waals surface area contributed by atoms with Crippen LogP contribution < -0.4 is 11.1 Å². The highest BCUT2D eigenvalue weighted by molar-refractivity contribution is 6.05. The van der Waals surface area contributed by atoms with Crippen molar-refractivity contribution in [1.29, 1.82) is 5.26 Å². The van der Waals surface area contributed by atoms with E-state index in [1.807, 2.05) is 6.07 Å². The first-order chi connectivity index (χ1) is 9.52. The zero-order chi connectivity index (χ0) is 14.7. The van der Waals surface area contributed by atoms with E-state index in [2.05, 4.69) is 10.3 Å². The second kappa shape index (κ2) is 5.36. The number of aryl methyl sites for hydroxylation is 1. The smallest absolute Gasteiger partial charge is 0.258 e. The Kier molecular flexibility index (Phi) is 3.62. The standard InChI is InChI=1S/C14H11FN4O/c1-8-2-3-9(7-16)6-11(8)19-14(20)10-4-5-18-13(17)12(10)15/h2-6H,1H3,(H2,17,18)(H,19,20). The first-order valence-electron chi connectivity index (χ1n) is 5.75. The summed E-state index contributed by atoms with van der Waals surface area (Å²) >= 11 is 0. The number of nitrogens with one attached hydrogen (secondary N) is 1. The third-order valence-corrected chi connectivity index (χ3v) is 2.78. The summed E-state index contributed by atoms with van der Waals surface area (Å²) in [6, 6.07) is 8.07. The predicted octanol–water partition coefficient (Wildman–Crippen LogP) is 2.24. The average Bonchev–Trinajstić information content (AvgIpc) is 2.44. The minimum atomic E-state index is -0.862. The molecule has 1 aromatic heterocycles. The van der Waals surface area contributed by atoms with Crippen LogP contribution in [0.4, 0.5) is 15.9 Å². The van der Waals surface area contributed by atoms with Gasteiger partial charge in [0.05, 0.1) is 17.2 Å². The Morgan fingerprint density at radius 1 is 1.45 bits per heavy atom. The van der Waals surface area contributed by atoms with Crippen molar-refractivity contribution in [2.45, 2.75) is 6.92 Å². The quantitative estimate of drug-likeness (QED) is 0.875. The molecule has 0 saturated heterocycles. The number of nitrogens with two attached hydrogens (primary N) is 1. The molecule has 0 atom stereocenters. The second-order valence-electron chi connectivity index (χ2n) is 4.15. The molecule has 5 nitrogen and oxygen atoms in total. The van der Waals surface area contributed by atoms with Crippen LogP contribution >= 0.6 is 0 Å². The van der Waals surface area contributed by atoms with E-state index in [9.17, 15) is 9.18 Å². The van der Waals surface area contributed by atoms with Crippen LogP contribution in [0.5, 0.6) is 0 Å². The summed E-state index contributed by atoms with van der Waals surface area (Å²) in [7, 11) is 0. The molecule has 0 spiro atoms. The number of nitrogen functional groups attached to an aromatic ring is 1. The summed E-state index contributed by atoms with van der Waals surface area (Å²) < 4.78 is 13.7. The molecule has 0 saturated carbocycles. The lowest BCUT2D eigenvalue weighted by Crippen LogP contribution is -2.16. The van der Waals surface area contributed by atoms with Gasteiger partial charge in [-0.05, 0) is 30.7 Å². The van der Waals surface area contributed by atoms with Crippen LogP contribution in [0.25, 0.3) is 0 Å². The number of aromatic nitrogens is 1. The summed E-state index contributed by atoms with van der Waals surface area (Å²) in [5, 5.41) is 11.4. The van der Waals surface area contributed by atoms with Gasteiger partial charge in [-0.25, -0.2) is 9.37 Å². The van der Waals surface area contributed by atoms with Gasteiger partial charge in [0.25, 0.3) is 5.91 Å². The SMILES string of the molecule is Cc1ccc(C#N)cc1NC(=O)c1ccnc(N)c1F. The van der Waals surface area contributed by atoms with Crippen molar-refractivity contribution < 1.29 is 9.18 Å². The van der Waals surface area contributed by atoms with E-state index in [1.54, 1.807) is 19.1 Å². The van der Waals surface area contributed by atoms with Crippen LogP contribution in [0.2, 0.25) is 0 Å². The highest BCUT2D eigenvalue weighted by Crippen LogP contribution is 2.19. The molecule has 2 rings (SSSR count). The Morgan fingerprint density at radius 3 is 2.90 bits per heavy atom. The molecule has 1 aromatic carbocycles. The topological polar surface area (TPSA) is 91.8 Å². The number of amides is 1. The molecule has 0 aliphatic carbocycles. The summed E-state index contributed by atoms with van der Waals surface area (Å²) in [4.78, 5) is 15.6. The van der Waals surface area contributed by atoms with Crippen LogP contribution in [-0.2, 0) is 0 Å². The fourth-order valence-corrected chi connectivity index (χ4v) is 1.65. The number of pyridine rings is 1. The lowest BCUT2D eigenvalue weighted by Gasteiger charge is -2.09. The van der Waals surface area contributed by atoms with Gasteiger partial charge in [0.15, 0.2) is 11.6 Å². The monoisotopic (exact) mass is 270 g/mol. The van der Waals surface area contributed by atoms with Crippen molar-refractivity contribution in [3.05, 3.63) is 53.0 Å². The molecule has 100 valence electrons. The zero-order valence-corrected chi connectivity index (χ0v) is 10.6. The first kappa shape index (κ1) is 13.5. The number of hydrogen-bond acceptors (Lipinski definition) is 4. The molecule has 0 radical (unpaired) electrons. The van der Waals surface area contributed by atoms with Gasteiger partial charge in [0.2, 0.25) is 0 Å². The van der Waals surface area contributed by atoms with Crippen LogP contribution in [-0.4, -0.2) is 10.9 Å². The van der Waals surface area contributed by atoms with Crippen molar-refractivity contribution in [3.63, 3.8) is 0 Å². The van der Waals surface area contributed by atoms with Crippen LogP contribution in [0.3, 0.4) is 0 Å². The Bertz CT molecular complexity index is 722. The number of nitriles is 1. The van der Waals surface area contributed by atoms with Gasteiger partial charge in [-0.3, -0.25) is 4.79 Å². The maximum atomic E-state index is 13.7. The zero-order valence-electron chi connectivity index (χ0n) is 10.6. The second-order valence-corrected chi connectivity index (χ2v) is 4.15. The molecule has 20 heavy (non-hydrogen) atoms. The Hall–Kier alpha value is -2.94. The number of anilines is 2. The van der Waals surface area contributed by atoms with Gasteiger partial charge in [0, 0.05) is 11.9 Å². The van der Waals surface area contributed by atoms with Gasteiger partial charge >= 0.3 is 0 Å². The highest BCUT2D eigenvalue weighted by atomic mass is 19.1. The van der Waals surface area contributed by atoms with E-state index in [0.29, 0.717) is 11.3 Å². The molecular formula is C14H11FN4O. The van der Waals surface area contributed by atoms with Crippen molar-refractivity contribution in [2.24, 2.45) is 0 Å². The molecule has 6 heteroatoms. The maximum Gasteiger partial charge on any atom is 0.258 e. The molecule has 0 aliphatic heterocycles. The van der Waals surface area contributed by atoms with Crippen molar-refractivity contribution in [2.75, 3.05) is 11.1 Å². The minimum Gasteiger partial charge on any atom is -0.381 e. The minimum absolute atomic E-state index is 0.195. The van der Waals surface area contributed by atoms with Gasteiger partial charge in [-0.15, -0.1) is 0 Å². The number of benzene rings is 1. The van der Waals surface area contributed by atoms with E-state index in [1.165, 1.54) is 18.3 Å². The molecule has 1 heterocycles. The number of carbonyl (C=O) groups excluding carboxylic acids is 1. The molecule has 3 N–H and O–H groups in total. The molecule has 0 unspecified atom stereocenters. The normalized spacial score (nSPS) is 9.85. The number of rotatable bonds is 2. The summed E-state index contributed by atoms with van der Waals surface area (Å²) in [6.07, 6.45) is 1.26. The lowest BCUT2D eigenvalue weighted by atomic mass is 10.1. The van der Waals surface area contributed by atoms with Crippen LogP contribution in [0.15, 0.2) is 30.5 Å². The highest BCUT2D eigenvalue weighted by Gasteiger charge is 2.15. The van der Waals surface area contributed by atoms with Gasteiger partial charge in [-0.1, -0.05) is 6.07 Å². The van der Waals surface area contributed by atoms with Crippen LogP contribution in [0.1, 0.15) is 21.5 Å². The molecule has 1 amide bonds. The molecule has 0 aliphatic rings. The van der Waals surface area contributed by atoms with Crippen molar-refractivity contribution in [1.82, 2.24) is 4.98 Å². The van der Waals surface area contributed by atoms with E-state index in [4.69, 9.17) is 11.0 Å². The fourth-order valence-electron chi connectivity index (χ4n) is 1.65. The van der Waals surface area contributed by atoms with E-state index < -0.39 is 11.7 Å². The van der Waals surface area contributed by atoms with E-state index in [-0.39, 0.29) is 11.4 Å². The van der Waals surface area contributed by atoms with Crippen molar-refractivity contribution in [3.8, 4) is 6.07 Å². The largest absolute Gasteiger partial charge is 0.381 e. The molecule has 0 bridgehead atoms. The maximum absolute atomic E-state index is 13.7. The third-order valence-electron chi connectivity index (χ3n) is 2.78. The average molecular weight is 270 g/mol. The lowest BCUT2D eigenvalue weighted by molar-refractivity contribution is 0.102. The fraction of sp³-hybridized carbons (Fsp3) is 0.0714. The first-order valence-corrected chi connectivity index (χ1v) is 5.75. The molecule has 2 aromatic rings. The van der Waals surface area contributed by atoms with E-state index in [0.717, 1.165) is 5.56 Å². The summed E-state index contributed by atoms with van der Waals surface area (Å²) in [5.74, 6) is -1.84. The Labute approximate surface area is 114 Å². The number of nitrogens with zero attached hydrogens (tertiary/aromatic N) is 2.